The molecular formula is C14H17BrN2O3. The molecule has 1 aromatic carbocycles. The quantitative estimate of drug-likeness (QED) is 0.660. The third-order valence-corrected chi connectivity index (χ3v) is 4.23. The molecular weight excluding hydrogens is 324 g/mol. The Morgan fingerprint density at radius 1 is 1.35 bits per heavy atom. The van der Waals surface area contributed by atoms with Crippen LogP contribution in [0.15, 0.2) is 22.7 Å². The monoisotopic (exact) mass is 340 g/mol. The average Bonchev–Trinajstić information content (AvgIpc) is 2.48. The molecule has 1 amide bonds. The van der Waals surface area contributed by atoms with E-state index in [1.54, 1.807) is 23.1 Å². The van der Waals surface area contributed by atoms with E-state index < -0.39 is 0 Å². The van der Waals surface area contributed by atoms with Crippen molar-refractivity contribution in [2.45, 2.75) is 12.8 Å². The third-order valence-electron chi connectivity index (χ3n) is 3.54. The molecule has 108 valence electrons. The van der Waals surface area contributed by atoms with E-state index in [0.717, 1.165) is 4.47 Å². The lowest BCUT2D eigenvalue weighted by atomic mass is 9.96. The van der Waals surface area contributed by atoms with Crippen molar-refractivity contribution in [1.29, 1.82) is 0 Å². The Morgan fingerprint density at radius 3 is 2.60 bits per heavy atom. The first-order chi connectivity index (χ1) is 9.52. The van der Waals surface area contributed by atoms with E-state index in [9.17, 15) is 9.59 Å². The minimum absolute atomic E-state index is 0.0625. The summed E-state index contributed by atoms with van der Waals surface area (Å²) in [5, 5.41) is 0. The summed E-state index contributed by atoms with van der Waals surface area (Å²) < 4.78 is 5.47. The number of halogens is 1. The lowest BCUT2D eigenvalue weighted by Crippen LogP contribution is -2.40. The minimum Gasteiger partial charge on any atom is -0.469 e. The molecule has 0 saturated carbocycles. The van der Waals surface area contributed by atoms with Gasteiger partial charge in [0.25, 0.3) is 5.91 Å². The number of likely N-dealkylation sites (tertiary alicyclic amines) is 1. The van der Waals surface area contributed by atoms with E-state index >= 15 is 0 Å². The molecule has 0 atom stereocenters. The summed E-state index contributed by atoms with van der Waals surface area (Å²) in [5.74, 6) is -0.358. The van der Waals surface area contributed by atoms with Gasteiger partial charge in [0.2, 0.25) is 0 Å². The van der Waals surface area contributed by atoms with Crippen LogP contribution in [0.4, 0.5) is 5.69 Å². The fourth-order valence-corrected chi connectivity index (χ4v) is 2.78. The maximum absolute atomic E-state index is 12.4. The molecule has 0 aliphatic carbocycles. The second-order valence-corrected chi connectivity index (χ2v) is 5.68. The second-order valence-electron chi connectivity index (χ2n) is 4.83. The first-order valence-electron chi connectivity index (χ1n) is 6.45. The number of hydrogen-bond acceptors (Lipinski definition) is 4. The SMILES string of the molecule is COC(=O)C1CCN(C(=O)c2cc(N)ccc2Br)CC1. The Hall–Kier alpha value is -1.56. The van der Waals surface area contributed by atoms with Crippen molar-refractivity contribution in [1.82, 2.24) is 4.90 Å². The van der Waals surface area contributed by atoms with Crippen LogP contribution in [0.2, 0.25) is 0 Å². The normalized spacial score (nSPS) is 16.0. The zero-order chi connectivity index (χ0) is 14.7. The van der Waals surface area contributed by atoms with Gasteiger partial charge in [-0.05, 0) is 47.0 Å². The van der Waals surface area contributed by atoms with Crippen LogP contribution in [0.1, 0.15) is 23.2 Å². The van der Waals surface area contributed by atoms with Gasteiger partial charge in [-0.25, -0.2) is 0 Å². The van der Waals surface area contributed by atoms with Gasteiger partial charge in [0.15, 0.2) is 0 Å². The summed E-state index contributed by atoms with van der Waals surface area (Å²) in [5.41, 5.74) is 6.84. The van der Waals surface area contributed by atoms with Crippen LogP contribution in [0, 0.1) is 5.92 Å². The van der Waals surface area contributed by atoms with Gasteiger partial charge in [0.1, 0.15) is 0 Å². The number of nitrogen functional groups attached to an aromatic ring is 1. The molecule has 1 heterocycles. The van der Waals surface area contributed by atoms with Crippen molar-refractivity contribution < 1.29 is 14.3 Å². The molecule has 0 aromatic heterocycles. The number of methoxy groups -OCH3 is 1. The summed E-state index contributed by atoms with van der Waals surface area (Å²) in [7, 11) is 1.39. The smallest absolute Gasteiger partial charge is 0.308 e. The molecule has 2 rings (SSSR count). The Kier molecular flexibility index (Phi) is 4.65. The molecule has 1 aliphatic rings. The van der Waals surface area contributed by atoms with Crippen LogP contribution in [0.5, 0.6) is 0 Å². The van der Waals surface area contributed by atoms with Crippen molar-refractivity contribution >= 4 is 33.5 Å². The summed E-state index contributed by atoms with van der Waals surface area (Å²) in [6.45, 7) is 1.11. The molecule has 5 nitrogen and oxygen atoms in total. The van der Waals surface area contributed by atoms with Gasteiger partial charge in [-0.1, -0.05) is 0 Å². The predicted molar refractivity (Wildman–Crippen MR) is 79.2 cm³/mol. The molecule has 6 heteroatoms. The van der Waals surface area contributed by atoms with Crippen molar-refractivity contribution in [2.24, 2.45) is 5.92 Å². The van der Waals surface area contributed by atoms with Crippen LogP contribution in [0.25, 0.3) is 0 Å². The highest BCUT2D eigenvalue weighted by Crippen LogP contribution is 2.24. The van der Waals surface area contributed by atoms with Crippen LogP contribution >= 0.6 is 15.9 Å². The molecule has 2 N–H and O–H groups in total. The number of carbonyl (C=O) groups excluding carboxylic acids is 2. The number of benzene rings is 1. The molecule has 1 aromatic rings. The van der Waals surface area contributed by atoms with Crippen LogP contribution in [-0.4, -0.2) is 37.0 Å². The molecule has 1 saturated heterocycles. The number of amides is 1. The number of nitrogens with two attached hydrogens (primary N) is 1. The Labute approximate surface area is 126 Å². The number of carbonyl (C=O) groups is 2. The van der Waals surface area contributed by atoms with Crippen molar-refractivity contribution in [3.8, 4) is 0 Å². The van der Waals surface area contributed by atoms with E-state index in [-0.39, 0.29) is 17.8 Å². The zero-order valence-electron chi connectivity index (χ0n) is 11.3. The van der Waals surface area contributed by atoms with Crippen molar-refractivity contribution in [3.05, 3.63) is 28.2 Å². The van der Waals surface area contributed by atoms with Gasteiger partial charge in [-0.3, -0.25) is 9.59 Å². The molecule has 1 aliphatic heterocycles. The number of nitrogens with zero attached hydrogens (tertiary/aromatic N) is 1. The van der Waals surface area contributed by atoms with Gasteiger partial charge >= 0.3 is 5.97 Å². The second kappa shape index (κ2) is 6.26. The molecule has 20 heavy (non-hydrogen) atoms. The number of hydrogen-bond donors (Lipinski definition) is 1. The van der Waals surface area contributed by atoms with Crippen LogP contribution in [0.3, 0.4) is 0 Å². The van der Waals surface area contributed by atoms with E-state index in [0.29, 0.717) is 37.2 Å². The highest BCUT2D eigenvalue weighted by Gasteiger charge is 2.28. The molecule has 0 radical (unpaired) electrons. The number of ether oxygens (including phenoxy) is 1. The molecule has 0 bridgehead atoms. The van der Waals surface area contributed by atoms with E-state index in [2.05, 4.69) is 15.9 Å². The third kappa shape index (κ3) is 3.12. The topological polar surface area (TPSA) is 72.6 Å². The summed E-state index contributed by atoms with van der Waals surface area (Å²) >= 11 is 3.37. The predicted octanol–water partition coefficient (Wildman–Crippen LogP) is 2.06. The summed E-state index contributed by atoms with van der Waals surface area (Å²) in [4.78, 5) is 25.7. The highest BCUT2D eigenvalue weighted by molar-refractivity contribution is 9.10. The van der Waals surface area contributed by atoms with Gasteiger partial charge < -0.3 is 15.4 Å². The summed E-state index contributed by atoms with van der Waals surface area (Å²) in [6, 6.07) is 5.17. The Morgan fingerprint density at radius 2 is 2.00 bits per heavy atom. The highest BCUT2D eigenvalue weighted by atomic mass is 79.9. The first-order valence-corrected chi connectivity index (χ1v) is 7.24. The number of piperidine rings is 1. The molecule has 1 fully saturated rings. The number of esters is 1. The van der Waals surface area contributed by atoms with Crippen LogP contribution in [-0.2, 0) is 9.53 Å². The fourth-order valence-electron chi connectivity index (χ4n) is 2.36. The minimum atomic E-state index is -0.192. The Balaban J connectivity index is 2.05. The number of anilines is 1. The largest absolute Gasteiger partial charge is 0.469 e. The first kappa shape index (κ1) is 14.8. The van der Waals surface area contributed by atoms with Crippen molar-refractivity contribution in [3.63, 3.8) is 0 Å². The molecule has 0 unspecified atom stereocenters. The van der Waals surface area contributed by atoms with E-state index in [1.807, 2.05) is 0 Å². The van der Waals surface area contributed by atoms with Gasteiger partial charge in [0.05, 0.1) is 18.6 Å². The van der Waals surface area contributed by atoms with Gasteiger partial charge in [0, 0.05) is 23.2 Å². The number of rotatable bonds is 2. The van der Waals surface area contributed by atoms with Crippen LogP contribution < -0.4 is 5.73 Å². The zero-order valence-corrected chi connectivity index (χ0v) is 12.9. The van der Waals surface area contributed by atoms with E-state index in [4.69, 9.17) is 10.5 Å². The maximum atomic E-state index is 12.4. The summed E-state index contributed by atoms with van der Waals surface area (Å²) in [6.07, 6.45) is 1.27. The molecule has 0 spiro atoms. The maximum Gasteiger partial charge on any atom is 0.308 e. The van der Waals surface area contributed by atoms with Crippen molar-refractivity contribution in [2.75, 3.05) is 25.9 Å². The van der Waals surface area contributed by atoms with Gasteiger partial charge in [-0.15, -0.1) is 0 Å². The lowest BCUT2D eigenvalue weighted by molar-refractivity contribution is -0.146. The standard InChI is InChI=1S/C14H17BrN2O3/c1-20-14(19)9-4-6-17(7-5-9)13(18)11-8-10(16)2-3-12(11)15/h2-3,8-9H,4-7,16H2,1H3. The fraction of sp³-hybridized carbons (Fsp3) is 0.429. The van der Waals surface area contributed by atoms with E-state index in [1.165, 1.54) is 7.11 Å². The van der Waals surface area contributed by atoms with Gasteiger partial charge in [-0.2, -0.15) is 0 Å². The average molecular weight is 341 g/mol. The Bertz CT molecular complexity index is 525. The lowest BCUT2D eigenvalue weighted by Gasteiger charge is -2.31.